The number of carbonyl (C=O) groups excluding carboxylic acids is 1. The highest BCUT2D eigenvalue weighted by Crippen LogP contribution is 2.38. The molecule has 1 atom stereocenters. The summed E-state index contributed by atoms with van der Waals surface area (Å²) in [7, 11) is -4.43. The van der Waals surface area contributed by atoms with E-state index in [2.05, 4.69) is 11.9 Å². The Kier molecular flexibility index (Phi) is 6.27. The number of rotatable bonds is 5. The first-order valence-corrected chi connectivity index (χ1v) is 12.7. The number of H-pyrrole nitrogens is 1. The maximum absolute atomic E-state index is 14.2. The number of amides is 1. The van der Waals surface area contributed by atoms with Gasteiger partial charge in [0, 0.05) is 23.8 Å². The van der Waals surface area contributed by atoms with Crippen molar-refractivity contribution < 1.29 is 17.6 Å². The molecule has 1 aliphatic heterocycles. The van der Waals surface area contributed by atoms with E-state index in [1.807, 2.05) is 23.5 Å². The van der Waals surface area contributed by atoms with Crippen LogP contribution in [0.1, 0.15) is 43.1 Å². The minimum atomic E-state index is -4.43. The predicted octanol–water partition coefficient (Wildman–Crippen LogP) is 3.63. The molecule has 0 saturated carbocycles. The van der Waals surface area contributed by atoms with Gasteiger partial charge in [0.25, 0.3) is 21.5 Å². The van der Waals surface area contributed by atoms with Crippen LogP contribution in [0.4, 0.5) is 10.2 Å². The van der Waals surface area contributed by atoms with Gasteiger partial charge in [-0.2, -0.15) is 0 Å². The van der Waals surface area contributed by atoms with Crippen LogP contribution in [0.5, 0.6) is 0 Å². The molecule has 0 radical (unpaired) electrons. The van der Waals surface area contributed by atoms with Crippen molar-refractivity contribution in [3.05, 3.63) is 76.0 Å². The van der Waals surface area contributed by atoms with Crippen LogP contribution in [-0.2, 0) is 10.0 Å². The average molecular weight is 499 g/mol. The molecule has 10 heteroatoms. The summed E-state index contributed by atoms with van der Waals surface area (Å²) in [6, 6.07) is 10.2. The van der Waals surface area contributed by atoms with E-state index in [4.69, 9.17) is 4.98 Å². The molecule has 35 heavy (non-hydrogen) atoms. The molecule has 4 rings (SSSR count). The van der Waals surface area contributed by atoms with Crippen LogP contribution in [0.3, 0.4) is 0 Å². The Balaban J connectivity index is 1.82. The fourth-order valence-corrected chi connectivity index (χ4v) is 5.70. The van der Waals surface area contributed by atoms with Crippen LogP contribution < -0.4 is 15.2 Å². The molecule has 1 aromatic carbocycles. The largest absolute Gasteiger partial charge is 0.351 e. The minimum absolute atomic E-state index is 0.0425. The highest BCUT2D eigenvalue weighted by Gasteiger charge is 2.39. The second kappa shape index (κ2) is 8.92. The number of nitrogens with zero attached hydrogens (tertiary/aromatic N) is 2. The second-order valence-corrected chi connectivity index (χ2v) is 11.2. The summed E-state index contributed by atoms with van der Waals surface area (Å²) in [6.07, 6.45) is 2.14. The summed E-state index contributed by atoms with van der Waals surface area (Å²) in [5.41, 5.74) is 0.312. The number of nitrogens with one attached hydrogen (secondary N) is 2. The minimum Gasteiger partial charge on any atom is -0.351 e. The summed E-state index contributed by atoms with van der Waals surface area (Å²) >= 11 is 0. The molecule has 1 saturated heterocycles. The Bertz CT molecular complexity index is 1470. The van der Waals surface area contributed by atoms with Gasteiger partial charge in [0.15, 0.2) is 4.90 Å². The van der Waals surface area contributed by atoms with Gasteiger partial charge in [-0.1, -0.05) is 19.1 Å². The zero-order chi connectivity index (χ0) is 25.5. The summed E-state index contributed by atoms with van der Waals surface area (Å²) in [4.78, 5) is 33.7. The van der Waals surface area contributed by atoms with E-state index in [1.54, 1.807) is 25.1 Å². The average Bonchev–Trinajstić information content (AvgIpc) is 3.06. The van der Waals surface area contributed by atoms with Crippen LogP contribution in [-0.4, -0.2) is 36.4 Å². The predicted molar refractivity (Wildman–Crippen MR) is 131 cm³/mol. The molecule has 1 aliphatic rings. The molecule has 3 aromatic rings. The van der Waals surface area contributed by atoms with Crippen molar-refractivity contribution in [2.45, 2.75) is 44.6 Å². The first-order valence-electron chi connectivity index (χ1n) is 11.2. The molecular formula is C25H27FN4O4S. The number of hydrogen-bond donors (Lipinski definition) is 2. The normalized spacial score (nSPS) is 17.4. The fraction of sp³-hybridized carbons (Fsp3) is 0.320. The van der Waals surface area contributed by atoms with Crippen molar-refractivity contribution in [3.8, 4) is 11.3 Å². The van der Waals surface area contributed by atoms with Crippen LogP contribution >= 0.6 is 0 Å². The lowest BCUT2D eigenvalue weighted by atomic mass is 9.97. The highest BCUT2D eigenvalue weighted by atomic mass is 32.2. The van der Waals surface area contributed by atoms with Crippen LogP contribution in [0.2, 0.25) is 0 Å². The van der Waals surface area contributed by atoms with E-state index < -0.39 is 26.4 Å². The van der Waals surface area contributed by atoms with Gasteiger partial charge in [0.1, 0.15) is 11.6 Å². The molecule has 184 valence electrons. The van der Waals surface area contributed by atoms with E-state index in [9.17, 15) is 22.4 Å². The third-order valence-corrected chi connectivity index (χ3v) is 7.65. The number of hydrogen-bond acceptors (Lipinski definition) is 6. The van der Waals surface area contributed by atoms with Crippen molar-refractivity contribution in [1.29, 1.82) is 0 Å². The Hall–Kier alpha value is -3.53. The number of carbonyl (C=O) groups is 1. The molecule has 2 aromatic heterocycles. The number of aromatic nitrogens is 2. The lowest BCUT2D eigenvalue weighted by Gasteiger charge is -2.34. The Morgan fingerprint density at radius 2 is 1.94 bits per heavy atom. The Labute approximate surface area is 203 Å². The summed E-state index contributed by atoms with van der Waals surface area (Å²) in [5.74, 6) is -0.667. The smallest absolute Gasteiger partial charge is 0.269 e. The van der Waals surface area contributed by atoms with Crippen molar-refractivity contribution in [3.63, 3.8) is 0 Å². The van der Waals surface area contributed by atoms with Gasteiger partial charge < -0.3 is 9.88 Å². The van der Waals surface area contributed by atoms with E-state index in [1.165, 1.54) is 24.4 Å². The number of anilines is 1. The second-order valence-electron chi connectivity index (χ2n) is 9.51. The SMILES string of the molecule is Cc1c(F)cccc1-c1ccc(C(=O)NS(=O)(=O)c2ccc[nH]c2=O)c(N2C[C@@H](C)CC2(C)C)n1. The lowest BCUT2D eigenvalue weighted by Crippen LogP contribution is -2.41. The summed E-state index contributed by atoms with van der Waals surface area (Å²) in [6.45, 7) is 8.41. The molecule has 0 aliphatic carbocycles. The number of sulfonamides is 1. The van der Waals surface area contributed by atoms with Gasteiger partial charge >= 0.3 is 0 Å². The molecule has 0 unspecified atom stereocenters. The standard InChI is InChI=1S/C25H27FN4O4S/c1-15-13-25(3,4)30(14-15)22-18(10-11-20(28-22)17-7-5-8-19(26)16(17)2)23(31)29-35(33,34)21-9-6-12-27-24(21)32/h5-12,15H,13-14H2,1-4H3,(H,27,32)(H,29,31)/t15-/m0/s1. The van der Waals surface area contributed by atoms with E-state index in [0.717, 1.165) is 12.5 Å². The zero-order valence-corrected chi connectivity index (χ0v) is 20.7. The number of pyridine rings is 2. The van der Waals surface area contributed by atoms with Crippen LogP contribution in [0.15, 0.2) is 58.4 Å². The van der Waals surface area contributed by atoms with Crippen LogP contribution in [0, 0.1) is 18.7 Å². The highest BCUT2D eigenvalue weighted by molar-refractivity contribution is 7.90. The number of aromatic amines is 1. The quantitative estimate of drug-likeness (QED) is 0.556. The first-order chi connectivity index (χ1) is 16.4. The lowest BCUT2D eigenvalue weighted by molar-refractivity contribution is 0.0981. The van der Waals surface area contributed by atoms with Gasteiger partial charge in [-0.25, -0.2) is 22.5 Å². The third-order valence-electron chi connectivity index (χ3n) is 6.29. The van der Waals surface area contributed by atoms with Crippen molar-refractivity contribution in [1.82, 2.24) is 14.7 Å². The van der Waals surface area contributed by atoms with E-state index in [0.29, 0.717) is 35.1 Å². The third kappa shape index (κ3) is 4.70. The maximum atomic E-state index is 14.2. The van der Waals surface area contributed by atoms with E-state index >= 15 is 0 Å². The van der Waals surface area contributed by atoms with Gasteiger partial charge in [0.05, 0.1) is 11.3 Å². The molecule has 2 N–H and O–H groups in total. The molecule has 0 spiro atoms. The topological polar surface area (TPSA) is 112 Å². The Morgan fingerprint density at radius 3 is 2.60 bits per heavy atom. The molecule has 0 bridgehead atoms. The van der Waals surface area contributed by atoms with Crippen LogP contribution in [0.25, 0.3) is 11.3 Å². The number of benzene rings is 1. The van der Waals surface area contributed by atoms with Gasteiger partial charge in [-0.05, 0) is 69.0 Å². The maximum Gasteiger partial charge on any atom is 0.269 e. The van der Waals surface area contributed by atoms with Crippen molar-refractivity contribution >= 4 is 21.7 Å². The summed E-state index contributed by atoms with van der Waals surface area (Å²) < 4.78 is 41.8. The van der Waals surface area contributed by atoms with Gasteiger partial charge in [0.2, 0.25) is 0 Å². The molecule has 3 heterocycles. The first kappa shape index (κ1) is 24.6. The zero-order valence-electron chi connectivity index (χ0n) is 19.9. The molecule has 1 amide bonds. The number of halogens is 1. The van der Waals surface area contributed by atoms with Gasteiger partial charge in [-0.15, -0.1) is 0 Å². The summed E-state index contributed by atoms with van der Waals surface area (Å²) in [5, 5.41) is 0. The molecule has 8 nitrogen and oxygen atoms in total. The molecular weight excluding hydrogens is 471 g/mol. The fourth-order valence-electron chi connectivity index (χ4n) is 4.68. The Morgan fingerprint density at radius 1 is 1.20 bits per heavy atom. The monoisotopic (exact) mass is 498 g/mol. The van der Waals surface area contributed by atoms with E-state index in [-0.39, 0.29) is 16.9 Å². The van der Waals surface area contributed by atoms with Gasteiger partial charge in [-0.3, -0.25) is 9.59 Å². The molecule has 1 fully saturated rings. The van der Waals surface area contributed by atoms with Crippen molar-refractivity contribution in [2.75, 3.05) is 11.4 Å². The van der Waals surface area contributed by atoms with Crippen molar-refractivity contribution in [2.24, 2.45) is 5.92 Å².